The highest BCUT2D eigenvalue weighted by Gasteiger charge is 2.25. The highest BCUT2D eigenvalue weighted by Crippen LogP contribution is 2.44. The van der Waals surface area contributed by atoms with Gasteiger partial charge in [-0.3, -0.25) is 0 Å². The Kier molecular flexibility index (Phi) is 4.02. The monoisotopic (exact) mass is 315 g/mol. The Morgan fingerprint density at radius 1 is 1.32 bits per heavy atom. The van der Waals surface area contributed by atoms with Crippen LogP contribution in [0.5, 0.6) is 17.5 Å². The van der Waals surface area contributed by atoms with Crippen LogP contribution in [0.4, 0.5) is 0 Å². The van der Waals surface area contributed by atoms with Crippen LogP contribution in [-0.4, -0.2) is 30.8 Å². The molecule has 0 amide bonds. The molecule has 22 heavy (non-hydrogen) atoms. The standard InChI is InChI=1S/C15H13N3O3S/c1-19-14-15(20-2)18-10(7-17-14)13-8-21-11-5-9(6-16)3-4-12(11)22-13/h3-5,7,13H,8H2,1-2H3/t13-/m0/s1. The molecule has 112 valence electrons. The molecule has 1 aromatic heterocycles. The molecule has 2 aromatic rings. The van der Waals surface area contributed by atoms with E-state index in [2.05, 4.69) is 16.0 Å². The van der Waals surface area contributed by atoms with Gasteiger partial charge >= 0.3 is 0 Å². The Labute approximate surface area is 132 Å². The SMILES string of the molecule is COc1ncc([C@@H]2COc3cc(C#N)ccc3S2)nc1OC. The summed E-state index contributed by atoms with van der Waals surface area (Å²) in [6.45, 7) is 0.455. The second-order valence-electron chi connectivity index (χ2n) is 4.50. The van der Waals surface area contributed by atoms with Crippen LogP contribution in [0.3, 0.4) is 0 Å². The Bertz CT molecular complexity index is 745. The number of hydrogen-bond donors (Lipinski definition) is 0. The largest absolute Gasteiger partial charge is 0.491 e. The van der Waals surface area contributed by atoms with Gasteiger partial charge in [-0.2, -0.15) is 5.26 Å². The molecule has 0 spiro atoms. The van der Waals surface area contributed by atoms with Crippen LogP contribution < -0.4 is 14.2 Å². The summed E-state index contributed by atoms with van der Waals surface area (Å²) < 4.78 is 16.0. The van der Waals surface area contributed by atoms with Crippen molar-refractivity contribution in [1.82, 2.24) is 9.97 Å². The van der Waals surface area contributed by atoms with Crippen LogP contribution >= 0.6 is 11.8 Å². The van der Waals surface area contributed by atoms with E-state index in [4.69, 9.17) is 19.5 Å². The van der Waals surface area contributed by atoms with E-state index < -0.39 is 0 Å². The van der Waals surface area contributed by atoms with Crippen LogP contribution in [0.1, 0.15) is 16.5 Å². The number of methoxy groups -OCH3 is 2. The molecular formula is C15H13N3O3S. The quantitative estimate of drug-likeness (QED) is 0.861. The van der Waals surface area contributed by atoms with E-state index in [-0.39, 0.29) is 5.25 Å². The average Bonchev–Trinajstić information content (AvgIpc) is 2.60. The minimum Gasteiger partial charge on any atom is -0.491 e. The minimum atomic E-state index is 0.00717. The highest BCUT2D eigenvalue weighted by atomic mass is 32.2. The second kappa shape index (κ2) is 6.12. The molecule has 0 aliphatic carbocycles. The smallest absolute Gasteiger partial charge is 0.278 e. The van der Waals surface area contributed by atoms with E-state index in [1.54, 1.807) is 30.1 Å². The number of nitriles is 1. The van der Waals surface area contributed by atoms with Gasteiger partial charge in [0.25, 0.3) is 11.8 Å². The third kappa shape index (κ3) is 2.65. The van der Waals surface area contributed by atoms with Crippen molar-refractivity contribution in [2.75, 3.05) is 20.8 Å². The highest BCUT2D eigenvalue weighted by molar-refractivity contribution is 7.99. The molecule has 0 saturated carbocycles. The molecule has 2 heterocycles. The van der Waals surface area contributed by atoms with Crippen LogP contribution in [0.15, 0.2) is 29.3 Å². The summed E-state index contributed by atoms with van der Waals surface area (Å²) in [6.07, 6.45) is 1.66. The minimum absolute atomic E-state index is 0.00717. The van der Waals surface area contributed by atoms with Gasteiger partial charge in [-0.15, -0.1) is 11.8 Å². The first-order valence-electron chi connectivity index (χ1n) is 6.53. The lowest BCUT2D eigenvalue weighted by Gasteiger charge is -2.24. The lowest BCUT2D eigenvalue weighted by atomic mass is 10.2. The average molecular weight is 315 g/mol. The summed E-state index contributed by atoms with van der Waals surface area (Å²) in [5.41, 5.74) is 1.35. The number of rotatable bonds is 3. The summed E-state index contributed by atoms with van der Waals surface area (Å²) in [7, 11) is 3.05. The molecule has 1 aromatic carbocycles. The van der Waals surface area contributed by atoms with Crippen molar-refractivity contribution in [2.24, 2.45) is 0 Å². The van der Waals surface area contributed by atoms with E-state index in [1.807, 2.05) is 6.07 Å². The Balaban J connectivity index is 1.87. The van der Waals surface area contributed by atoms with Gasteiger partial charge in [-0.1, -0.05) is 0 Å². The maximum absolute atomic E-state index is 8.92. The predicted molar refractivity (Wildman–Crippen MR) is 80.4 cm³/mol. The number of ether oxygens (including phenoxy) is 3. The molecule has 0 N–H and O–H groups in total. The topological polar surface area (TPSA) is 77.3 Å². The van der Waals surface area contributed by atoms with Gasteiger partial charge in [-0.05, 0) is 18.2 Å². The van der Waals surface area contributed by atoms with E-state index >= 15 is 0 Å². The number of aromatic nitrogens is 2. The normalized spacial score (nSPS) is 16.1. The summed E-state index contributed by atoms with van der Waals surface area (Å²) in [5, 5.41) is 8.93. The summed E-state index contributed by atoms with van der Waals surface area (Å²) in [6, 6.07) is 7.52. The van der Waals surface area contributed by atoms with Crippen molar-refractivity contribution in [2.45, 2.75) is 10.1 Å². The van der Waals surface area contributed by atoms with Gasteiger partial charge in [0, 0.05) is 0 Å². The molecule has 0 fully saturated rings. The molecule has 0 unspecified atom stereocenters. The van der Waals surface area contributed by atoms with Crippen molar-refractivity contribution in [1.29, 1.82) is 5.26 Å². The Morgan fingerprint density at radius 3 is 2.86 bits per heavy atom. The second-order valence-corrected chi connectivity index (χ2v) is 5.75. The van der Waals surface area contributed by atoms with E-state index in [0.29, 0.717) is 23.9 Å². The fourth-order valence-electron chi connectivity index (χ4n) is 2.09. The van der Waals surface area contributed by atoms with Gasteiger partial charge < -0.3 is 14.2 Å². The van der Waals surface area contributed by atoms with Gasteiger partial charge in [-0.25, -0.2) is 9.97 Å². The molecule has 6 nitrogen and oxygen atoms in total. The van der Waals surface area contributed by atoms with Crippen LogP contribution in [-0.2, 0) is 0 Å². The predicted octanol–water partition coefficient (Wildman–Crippen LogP) is 2.59. The molecule has 7 heteroatoms. The molecule has 3 rings (SSSR count). The maximum atomic E-state index is 8.92. The van der Waals surface area contributed by atoms with Gasteiger partial charge in [0.05, 0.1) is 47.9 Å². The Morgan fingerprint density at radius 2 is 2.14 bits per heavy atom. The number of nitrogens with zero attached hydrogens (tertiary/aromatic N) is 3. The fraction of sp³-hybridized carbons (Fsp3) is 0.267. The first-order chi connectivity index (χ1) is 10.7. The number of hydrogen-bond acceptors (Lipinski definition) is 7. The van der Waals surface area contributed by atoms with Crippen molar-refractivity contribution >= 4 is 11.8 Å². The zero-order valence-electron chi connectivity index (χ0n) is 12.1. The lowest BCUT2D eigenvalue weighted by Crippen LogP contribution is -2.14. The Hall–Kier alpha value is -2.46. The van der Waals surface area contributed by atoms with Crippen LogP contribution in [0.25, 0.3) is 0 Å². The van der Waals surface area contributed by atoms with Crippen LogP contribution in [0.2, 0.25) is 0 Å². The first-order valence-corrected chi connectivity index (χ1v) is 7.41. The summed E-state index contributed by atoms with van der Waals surface area (Å²) in [5.74, 6) is 1.44. The third-order valence-corrected chi connectivity index (χ3v) is 4.43. The van der Waals surface area contributed by atoms with E-state index in [1.165, 1.54) is 14.2 Å². The molecule has 1 aliphatic heterocycles. The van der Waals surface area contributed by atoms with Crippen molar-refractivity contribution in [3.8, 4) is 23.6 Å². The molecule has 1 aliphatic rings. The summed E-state index contributed by atoms with van der Waals surface area (Å²) >= 11 is 1.63. The van der Waals surface area contributed by atoms with E-state index in [0.717, 1.165) is 16.3 Å². The van der Waals surface area contributed by atoms with Gasteiger partial charge in [0.2, 0.25) is 0 Å². The molecule has 0 bridgehead atoms. The van der Waals surface area contributed by atoms with Crippen LogP contribution in [0, 0.1) is 11.3 Å². The van der Waals surface area contributed by atoms with Gasteiger partial charge in [0.1, 0.15) is 12.4 Å². The molecule has 0 saturated heterocycles. The molecular weight excluding hydrogens is 302 g/mol. The zero-order valence-corrected chi connectivity index (χ0v) is 12.9. The first kappa shape index (κ1) is 14.5. The lowest BCUT2D eigenvalue weighted by molar-refractivity contribution is 0.298. The fourth-order valence-corrected chi connectivity index (χ4v) is 3.15. The van der Waals surface area contributed by atoms with Crippen molar-refractivity contribution in [3.63, 3.8) is 0 Å². The zero-order chi connectivity index (χ0) is 15.5. The molecule has 1 atom stereocenters. The maximum Gasteiger partial charge on any atom is 0.278 e. The van der Waals surface area contributed by atoms with Crippen molar-refractivity contribution < 1.29 is 14.2 Å². The number of thioether (sulfide) groups is 1. The van der Waals surface area contributed by atoms with E-state index in [9.17, 15) is 0 Å². The number of fused-ring (bicyclic) bond motifs is 1. The molecule has 0 radical (unpaired) electrons. The summed E-state index contributed by atoms with van der Waals surface area (Å²) in [4.78, 5) is 9.61. The number of benzene rings is 1. The third-order valence-electron chi connectivity index (χ3n) is 3.18. The van der Waals surface area contributed by atoms with Gasteiger partial charge in [0.15, 0.2) is 0 Å². The van der Waals surface area contributed by atoms with Crippen molar-refractivity contribution in [3.05, 3.63) is 35.7 Å².